The molecule has 1 unspecified atom stereocenters. The molecule has 5 heteroatoms. The summed E-state index contributed by atoms with van der Waals surface area (Å²) in [5, 5.41) is 11.2. The second-order valence-corrected chi connectivity index (χ2v) is 7.34. The van der Waals surface area contributed by atoms with E-state index < -0.39 is 0 Å². The number of hydrogen-bond acceptors (Lipinski definition) is 5. The van der Waals surface area contributed by atoms with Gasteiger partial charge >= 0.3 is 0 Å². The summed E-state index contributed by atoms with van der Waals surface area (Å²) < 4.78 is 22.3. The molecular formula is C26H26O5. The summed E-state index contributed by atoms with van der Waals surface area (Å²) in [5.41, 5.74) is 5.75. The average Bonchev–Trinajstić information content (AvgIpc) is 3.12. The molecule has 3 aromatic carbocycles. The smallest absolute Gasteiger partial charge is 0.207 e. The number of aromatic hydroxyl groups is 1. The van der Waals surface area contributed by atoms with E-state index in [2.05, 4.69) is 19.1 Å². The van der Waals surface area contributed by atoms with Crippen LogP contribution in [0.5, 0.6) is 28.7 Å². The van der Waals surface area contributed by atoms with Gasteiger partial charge in [-0.2, -0.15) is 0 Å². The lowest BCUT2D eigenvalue weighted by molar-refractivity contribution is 0.308. The van der Waals surface area contributed by atoms with Crippen LogP contribution in [-0.2, 0) is 0 Å². The van der Waals surface area contributed by atoms with Gasteiger partial charge < -0.3 is 24.1 Å². The van der Waals surface area contributed by atoms with E-state index in [4.69, 9.17) is 18.9 Å². The van der Waals surface area contributed by atoms with Gasteiger partial charge in [-0.15, -0.1) is 0 Å². The normalized spacial score (nSPS) is 14.9. The van der Waals surface area contributed by atoms with E-state index in [0.717, 1.165) is 39.1 Å². The molecule has 0 heterocycles. The van der Waals surface area contributed by atoms with Gasteiger partial charge in [-0.1, -0.05) is 49.4 Å². The van der Waals surface area contributed by atoms with Gasteiger partial charge in [0.1, 0.15) is 5.75 Å². The van der Waals surface area contributed by atoms with Crippen molar-refractivity contribution in [1.82, 2.24) is 0 Å². The van der Waals surface area contributed by atoms with Gasteiger partial charge in [-0.05, 0) is 34.4 Å². The Balaban J connectivity index is 2.10. The molecule has 0 saturated carbocycles. The molecule has 0 aromatic heterocycles. The molecule has 1 aliphatic rings. The standard InChI is InChI=1S/C26H26O5/c1-15-19(17-11-13-18(28-2)14-12-17)21(16-9-7-6-8-10-16)22-20(15)23(27)25(30-4)26(31-5)24(22)29-3/h6-15,27H,1-5H3. The predicted molar refractivity (Wildman–Crippen MR) is 122 cm³/mol. The van der Waals surface area contributed by atoms with E-state index in [1.807, 2.05) is 42.5 Å². The number of benzene rings is 3. The third kappa shape index (κ3) is 3.17. The molecular weight excluding hydrogens is 392 g/mol. The second kappa shape index (κ2) is 8.26. The minimum absolute atomic E-state index is 0.0691. The quantitative estimate of drug-likeness (QED) is 0.573. The Morgan fingerprint density at radius 1 is 0.677 bits per heavy atom. The largest absolute Gasteiger partial charge is 0.504 e. The molecule has 0 saturated heterocycles. The first-order chi connectivity index (χ1) is 15.1. The van der Waals surface area contributed by atoms with Gasteiger partial charge in [0.2, 0.25) is 11.5 Å². The number of allylic oxidation sites excluding steroid dienone is 1. The lowest BCUT2D eigenvalue weighted by Gasteiger charge is -2.20. The number of ether oxygens (including phenoxy) is 4. The second-order valence-electron chi connectivity index (χ2n) is 7.34. The van der Waals surface area contributed by atoms with Crippen molar-refractivity contribution in [2.24, 2.45) is 0 Å². The molecule has 31 heavy (non-hydrogen) atoms. The maximum atomic E-state index is 11.2. The van der Waals surface area contributed by atoms with Crippen LogP contribution in [0.3, 0.4) is 0 Å². The van der Waals surface area contributed by atoms with Gasteiger partial charge in [0.25, 0.3) is 0 Å². The summed E-state index contributed by atoms with van der Waals surface area (Å²) in [6, 6.07) is 18.1. The Hall–Kier alpha value is -3.60. The van der Waals surface area contributed by atoms with Crippen molar-refractivity contribution in [3.05, 3.63) is 76.9 Å². The van der Waals surface area contributed by atoms with Gasteiger partial charge in [0, 0.05) is 17.0 Å². The zero-order chi connectivity index (χ0) is 22.1. The van der Waals surface area contributed by atoms with E-state index in [-0.39, 0.29) is 17.4 Å². The summed E-state index contributed by atoms with van der Waals surface area (Å²) in [4.78, 5) is 0. The number of phenolic OH excluding ortho intramolecular Hbond substituents is 1. The molecule has 0 bridgehead atoms. The van der Waals surface area contributed by atoms with Crippen LogP contribution in [0.1, 0.15) is 35.1 Å². The third-order valence-electron chi connectivity index (χ3n) is 5.84. The van der Waals surface area contributed by atoms with E-state index >= 15 is 0 Å². The molecule has 4 rings (SSSR count). The first-order valence-electron chi connectivity index (χ1n) is 10.1. The Bertz CT molecular complexity index is 1130. The van der Waals surface area contributed by atoms with Crippen molar-refractivity contribution in [1.29, 1.82) is 0 Å². The van der Waals surface area contributed by atoms with Gasteiger partial charge in [0.05, 0.1) is 28.4 Å². The third-order valence-corrected chi connectivity index (χ3v) is 5.84. The van der Waals surface area contributed by atoms with Crippen LogP contribution in [0.25, 0.3) is 11.1 Å². The van der Waals surface area contributed by atoms with Crippen LogP contribution in [0.4, 0.5) is 0 Å². The highest BCUT2D eigenvalue weighted by molar-refractivity contribution is 6.08. The molecule has 0 radical (unpaired) electrons. The molecule has 3 aromatic rings. The Morgan fingerprint density at radius 3 is 1.84 bits per heavy atom. The van der Waals surface area contributed by atoms with Crippen molar-refractivity contribution in [2.45, 2.75) is 12.8 Å². The average molecular weight is 418 g/mol. The van der Waals surface area contributed by atoms with Crippen molar-refractivity contribution in [2.75, 3.05) is 28.4 Å². The fraction of sp³-hybridized carbons (Fsp3) is 0.231. The van der Waals surface area contributed by atoms with Crippen LogP contribution in [0.2, 0.25) is 0 Å². The van der Waals surface area contributed by atoms with Crippen LogP contribution >= 0.6 is 0 Å². The highest BCUT2D eigenvalue weighted by Crippen LogP contribution is 2.61. The van der Waals surface area contributed by atoms with Crippen LogP contribution in [0, 0.1) is 0 Å². The lowest BCUT2D eigenvalue weighted by atomic mass is 9.90. The Labute approximate surface area is 182 Å². The summed E-state index contributed by atoms with van der Waals surface area (Å²) in [6.07, 6.45) is 0. The fourth-order valence-electron chi connectivity index (χ4n) is 4.49. The molecule has 1 N–H and O–H groups in total. The van der Waals surface area contributed by atoms with Gasteiger partial charge in [-0.3, -0.25) is 0 Å². The van der Waals surface area contributed by atoms with Crippen molar-refractivity contribution in [3.63, 3.8) is 0 Å². The first kappa shape index (κ1) is 20.7. The lowest BCUT2D eigenvalue weighted by Crippen LogP contribution is -2.02. The minimum Gasteiger partial charge on any atom is -0.504 e. The predicted octanol–water partition coefficient (Wildman–Crippen LogP) is 5.50. The summed E-state index contributed by atoms with van der Waals surface area (Å²) in [6.45, 7) is 2.08. The highest BCUT2D eigenvalue weighted by Gasteiger charge is 2.39. The van der Waals surface area contributed by atoms with Gasteiger partial charge in [-0.25, -0.2) is 0 Å². The van der Waals surface area contributed by atoms with Crippen LogP contribution < -0.4 is 18.9 Å². The summed E-state index contributed by atoms with van der Waals surface area (Å²) in [5.74, 6) is 1.94. The monoisotopic (exact) mass is 418 g/mol. The van der Waals surface area contributed by atoms with E-state index in [1.165, 1.54) is 7.11 Å². The molecule has 1 aliphatic carbocycles. The zero-order valence-electron chi connectivity index (χ0n) is 18.4. The maximum absolute atomic E-state index is 11.2. The molecule has 160 valence electrons. The number of methoxy groups -OCH3 is 4. The SMILES string of the molecule is COc1ccc(C2=C(c3ccccc3)c3c(OC)c(OC)c(OC)c(O)c3C2C)cc1. The molecule has 0 spiro atoms. The minimum atomic E-state index is -0.104. The molecule has 0 fully saturated rings. The number of rotatable bonds is 6. The fourth-order valence-corrected chi connectivity index (χ4v) is 4.49. The summed E-state index contributed by atoms with van der Waals surface area (Å²) in [7, 11) is 6.31. The highest BCUT2D eigenvalue weighted by atomic mass is 16.5. The molecule has 1 atom stereocenters. The van der Waals surface area contributed by atoms with Crippen LogP contribution in [-0.4, -0.2) is 33.5 Å². The van der Waals surface area contributed by atoms with E-state index in [0.29, 0.717) is 11.5 Å². The first-order valence-corrected chi connectivity index (χ1v) is 10.1. The topological polar surface area (TPSA) is 57.2 Å². The van der Waals surface area contributed by atoms with Gasteiger partial charge in [0.15, 0.2) is 11.5 Å². The number of phenols is 1. The van der Waals surface area contributed by atoms with Crippen molar-refractivity contribution in [3.8, 4) is 28.7 Å². The molecule has 5 nitrogen and oxygen atoms in total. The summed E-state index contributed by atoms with van der Waals surface area (Å²) >= 11 is 0. The van der Waals surface area contributed by atoms with Crippen molar-refractivity contribution >= 4 is 11.1 Å². The van der Waals surface area contributed by atoms with E-state index in [9.17, 15) is 5.11 Å². The number of hydrogen-bond donors (Lipinski definition) is 1. The maximum Gasteiger partial charge on any atom is 0.207 e. The van der Waals surface area contributed by atoms with Crippen molar-refractivity contribution < 1.29 is 24.1 Å². The molecule has 0 amide bonds. The van der Waals surface area contributed by atoms with Crippen LogP contribution in [0.15, 0.2) is 54.6 Å². The number of fused-ring (bicyclic) bond motifs is 1. The molecule has 0 aliphatic heterocycles. The Morgan fingerprint density at radius 2 is 1.29 bits per heavy atom. The Kier molecular flexibility index (Phi) is 5.51. The van der Waals surface area contributed by atoms with E-state index in [1.54, 1.807) is 21.3 Å². The zero-order valence-corrected chi connectivity index (χ0v) is 18.4.